The average Bonchev–Trinajstić information content (AvgIpc) is 2.75. The molecule has 0 saturated heterocycles. The number of para-hydroxylation sites is 1. The fraction of sp³-hybridized carbons (Fsp3) is 0.412. The van der Waals surface area contributed by atoms with Crippen molar-refractivity contribution in [3.8, 4) is 0 Å². The summed E-state index contributed by atoms with van der Waals surface area (Å²) in [5.74, 6) is -0.415. The molecule has 0 fully saturated rings. The van der Waals surface area contributed by atoms with Crippen molar-refractivity contribution >= 4 is 22.9 Å². The number of amides is 2. The van der Waals surface area contributed by atoms with Crippen molar-refractivity contribution in [2.75, 3.05) is 19.7 Å². The third kappa shape index (κ3) is 3.31. The van der Waals surface area contributed by atoms with Gasteiger partial charge in [-0.3, -0.25) is 4.79 Å². The van der Waals surface area contributed by atoms with E-state index in [1.165, 1.54) is 10.9 Å². The molecule has 0 saturated carbocycles. The number of carbonyl (C=O) groups is 2. The Morgan fingerprint density at radius 3 is 3.00 bits per heavy atom. The molecule has 0 spiro atoms. The Hall–Kier alpha value is -2.50. The van der Waals surface area contributed by atoms with Crippen molar-refractivity contribution in [3.63, 3.8) is 0 Å². The minimum Gasteiger partial charge on any atom is -0.465 e. The van der Waals surface area contributed by atoms with Crippen LogP contribution in [0.2, 0.25) is 0 Å². The molecule has 1 aliphatic heterocycles. The van der Waals surface area contributed by atoms with E-state index in [1.807, 2.05) is 12.1 Å². The zero-order chi connectivity index (χ0) is 16.2. The Morgan fingerprint density at radius 1 is 1.35 bits per heavy atom. The summed E-state index contributed by atoms with van der Waals surface area (Å²) in [5, 5.41) is 3.86. The molecule has 2 amide bonds. The molecule has 6 heteroatoms. The number of aryl methyl sites for hydroxylation is 1. The minimum atomic E-state index is -0.415. The fourth-order valence-corrected chi connectivity index (χ4v) is 3.04. The van der Waals surface area contributed by atoms with Crippen LogP contribution in [0.1, 0.15) is 24.6 Å². The average molecular weight is 315 g/mol. The van der Waals surface area contributed by atoms with E-state index in [2.05, 4.69) is 22.4 Å². The van der Waals surface area contributed by atoms with Crippen LogP contribution in [0.15, 0.2) is 24.3 Å². The van der Waals surface area contributed by atoms with E-state index < -0.39 is 5.97 Å². The highest BCUT2D eigenvalue weighted by molar-refractivity contribution is 5.85. The summed E-state index contributed by atoms with van der Waals surface area (Å²) >= 11 is 0. The van der Waals surface area contributed by atoms with E-state index in [9.17, 15) is 9.59 Å². The number of hydrogen-bond donors (Lipinski definition) is 2. The molecular formula is C17H21N3O3. The van der Waals surface area contributed by atoms with Crippen molar-refractivity contribution in [2.24, 2.45) is 0 Å². The first-order chi connectivity index (χ1) is 11.2. The van der Waals surface area contributed by atoms with Crippen LogP contribution in [-0.2, 0) is 22.5 Å². The number of nitrogens with zero attached hydrogens (tertiary/aromatic N) is 1. The topological polar surface area (TPSA) is 74.4 Å². The molecule has 3 rings (SSSR count). The van der Waals surface area contributed by atoms with Gasteiger partial charge in [-0.15, -0.1) is 0 Å². The summed E-state index contributed by atoms with van der Waals surface area (Å²) in [7, 11) is 0. The summed E-state index contributed by atoms with van der Waals surface area (Å²) in [6.07, 6.45) is 1.85. The van der Waals surface area contributed by atoms with Crippen LogP contribution >= 0.6 is 0 Å². The van der Waals surface area contributed by atoms with Gasteiger partial charge in [0, 0.05) is 23.1 Å². The summed E-state index contributed by atoms with van der Waals surface area (Å²) < 4.78 is 4.82. The van der Waals surface area contributed by atoms with E-state index in [0.717, 1.165) is 24.1 Å². The van der Waals surface area contributed by atoms with Crippen LogP contribution < -0.4 is 5.32 Å². The summed E-state index contributed by atoms with van der Waals surface area (Å²) in [5.41, 5.74) is 3.47. The minimum absolute atomic E-state index is 0.0945. The summed E-state index contributed by atoms with van der Waals surface area (Å²) in [6.45, 7) is 3.16. The number of urea groups is 1. The van der Waals surface area contributed by atoms with Gasteiger partial charge in [0.1, 0.15) is 6.54 Å². The first-order valence-corrected chi connectivity index (χ1v) is 7.96. The van der Waals surface area contributed by atoms with E-state index in [4.69, 9.17) is 4.74 Å². The van der Waals surface area contributed by atoms with Crippen LogP contribution in [0.3, 0.4) is 0 Å². The Labute approximate surface area is 134 Å². The Balaban J connectivity index is 1.71. The van der Waals surface area contributed by atoms with Gasteiger partial charge in [-0.1, -0.05) is 18.2 Å². The van der Waals surface area contributed by atoms with Gasteiger partial charge >= 0.3 is 12.0 Å². The first kappa shape index (κ1) is 15.4. The summed E-state index contributed by atoms with van der Waals surface area (Å²) in [4.78, 5) is 28.8. The van der Waals surface area contributed by atoms with E-state index in [0.29, 0.717) is 19.7 Å². The number of fused-ring (bicyclic) bond motifs is 3. The maximum atomic E-state index is 12.3. The van der Waals surface area contributed by atoms with E-state index >= 15 is 0 Å². The lowest BCUT2D eigenvalue weighted by atomic mass is 10.1. The Kier molecular flexibility index (Phi) is 4.50. The predicted octanol–water partition coefficient (Wildman–Crippen LogP) is 2.19. The highest BCUT2D eigenvalue weighted by atomic mass is 16.5. The maximum Gasteiger partial charge on any atom is 0.325 e. The summed E-state index contributed by atoms with van der Waals surface area (Å²) in [6, 6.07) is 7.97. The molecule has 1 aromatic carbocycles. The smallest absolute Gasteiger partial charge is 0.325 e. The number of hydrogen-bond acceptors (Lipinski definition) is 3. The molecule has 0 aliphatic carbocycles. The van der Waals surface area contributed by atoms with Gasteiger partial charge < -0.3 is 19.9 Å². The Morgan fingerprint density at radius 2 is 2.17 bits per heavy atom. The van der Waals surface area contributed by atoms with Gasteiger partial charge in [0.2, 0.25) is 0 Å². The number of aromatic nitrogens is 1. The molecule has 2 N–H and O–H groups in total. The van der Waals surface area contributed by atoms with Crippen molar-refractivity contribution in [1.29, 1.82) is 0 Å². The second-order valence-electron chi connectivity index (χ2n) is 5.62. The molecule has 0 radical (unpaired) electrons. The number of esters is 1. The molecule has 1 aliphatic rings. The van der Waals surface area contributed by atoms with Gasteiger partial charge in [0.25, 0.3) is 0 Å². The second kappa shape index (κ2) is 6.73. The monoisotopic (exact) mass is 315 g/mol. The van der Waals surface area contributed by atoms with Crippen molar-refractivity contribution in [2.45, 2.75) is 26.3 Å². The molecule has 1 aromatic heterocycles. The SMILES string of the molecule is CCOC(=O)CNC(=O)N1CCCc2c([nH]c3ccccc23)C1. The molecule has 0 atom stereocenters. The van der Waals surface area contributed by atoms with Gasteiger partial charge in [-0.25, -0.2) is 4.79 Å². The molecule has 0 bridgehead atoms. The number of ether oxygens (including phenoxy) is 1. The van der Waals surface area contributed by atoms with Gasteiger partial charge in [-0.05, 0) is 31.4 Å². The van der Waals surface area contributed by atoms with Crippen LogP contribution in [0.5, 0.6) is 0 Å². The molecular weight excluding hydrogens is 294 g/mol. The number of benzene rings is 1. The number of carbonyl (C=O) groups excluding carboxylic acids is 2. The largest absolute Gasteiger partial charge is 0.465 e. The number of H-pyrrole nitrogens is 1. The first-order valence-electron chi connectivity index (χ1n) is 7.96. The number of aromatic amines is 1. The lowest BCUT2D eigenvalue weighted by molar-refractivity contribution is -0.141. The molecule has 2 aromatic rings. The zero-order valence-electron chi connectivity index (χ0n) is 13.2. The lowest BCUT2D eigenvalue weighted by Gasteiger charge is -2.20. The molecule has 2 heterocycles. The van der Waals surface area contributed by atoms with Gasteiger partial charge in [0.15, 0.2) is 0 Å². The van der Waals surface area contributed by atoms with Crippen molar-refractivity contribution in [1.82, 2.24) is 15.2 Å². The van der Waals surface area contributed by atoms with Crippen LogP contribution in [0.4, 0.5) is 4.79 Å². The molecule has 23 heavy (non-hydrogen) atoms. The fourth-order valence-electron chi connectivity index (χ4n) is 3.04. The zero-order valence-corrected chi connectivity index (χ0v) is 13.2. The highest BCUT2D eigenvalue weighted by Crippen LogP contribution is 2.27. The van der Waals surface area contributed by atoms with E-state index in [1.54, 1.807) is 11.8 Å². The lowest BCUT2D eigenvalue weighted by Crippen LogP contribution is -2.42. The highest BCUT2D eigenvalue weighted by Gasteiger charge is 2.22. The quantitative estimate of drug-likeness (QED) is 0.853. The standard InChI is InChI=1S/C17H21N3O3/c1-2-23-16(21)10-18-17(22)20-9-5-7-13-12-6-3-4-8-14(12)19-15(13)11-20/h3-4,6,8,19H,2,5,7,9-11H2,1H3,(H,18,22). The van der Waals surface area contributed by atoms with Crippen LogP contribution in [0.25, 0.3) is 10.9 Å². The van der Waals surface area contributed by atoms with Gasteiger partial charge in [0.05, 0.1) is 13.2 Å². The maximum absolute atomic E-state index is 12.3. The number of nitrogens with one attached hydrogen (secondary N) is 2. The van der Waals surface area contributed by atoms with Crippen LogP contribution in [0, 0.1) is 0 Å². The predicted molar refractivity (Wildman–Crippen MR) is 87.1 cm³/mol. The normalized spacial score (nSPS) is 14.2. The van der Waals surface area contributed by atoms with Crippen molar-refractivity contribution in [3.05, 3.63) is 35.5 Å². The van der Waals surface area contributed by atoms with E-state index in [-0.39, 0.29) is 12.6 Å². The Bertz CT molecular complexity index is 723. The number of rotatable bonds is 3. The molecule has 0 unspecified atom stereocenters. The van der Waals surface area contributed by atoms with Gasteiger partial charge in [-0.2, -0.15) is 0 Å². The molecule has 6 nitrogen and oxygen atoms in total. The third-order valence-corrected chi connectivity index (χ3v) is 4.08. The van der Waals surface area contributed by atoms with Crippen molar-refractivity contribution < 1.29 is 14.3 Å². The molecule has 122 valence electrons. The second-order valence-corrected chi connectivity index (χ2v) is 5.62. The third-order valence-electron chi connectivity index (χ3n) is 4.08. The van der Waals surface area contributed by atoms with Crippen LogP contribution in [-0.4, -0.2) is 41.6 Å².